The maximum Gasteiger partial charge on any atom is 0.303 e. The van der Waals surface area contributed by atoms with Crippen molar-refractivity contribution in [3.8, 4) is 0 Å². The average molecular weight is 429 g/mol. The molecule has 1 fully saturated rings. The van der Waals surface area contributed by atoms with Gasteiger partial charge in [-0.3, -0.25) is 9.59 Å². The second kappa shape index (κ2) is 27.9. The summed E-state index contributed by atoms with van der Waals surface area (Å²) in [6.07, 6.45) is 26.3. The summed E-state index contributed by atoms with van der Waals surface area (Å²) in [7, 11) is 0. The highest BCUT2D eigenvalue weighted by molar-refractivity contribution is 5.66. The van der Waals surface area contributed by atoms with E-state index in [-0.39, 0.29) is 0 Å². The molecule has 0 amide bonds. The van der Waals surface area contributed by atoms with Gasteiger partial charge in [0.25, 0.3) is 0 Å². The van der Waals surface area contributed by atoms with E-state index in [0.717, 1.165) is 25.7 Å². The predicted octanol–water partition coefficient (Wildman–Crippen LogP) is 8.76. The Bertz CT molecular complexity index is 311. The fraction of sp³-hybridized carbons (Fsp3) is 0.923. The van der Waals surface area contributed by atoms with Crippen molar-refractivity contribution in [3.63, 3.8) is 0 Å². The summed E-state index contributed by atoms with van der Waals surface area (Å²) in [5.74, 6) is -1.33. The van der Waals surface area contributed by atoms with Gasteiger partial charge in [0.2, 0.25) is 0 Å². The SMILES string of the molecule is C1CCCCC1.CCCCCCCCCC(=O)O.CCCCCCCCCC(=O)O. The molecule has 4 nitrogen and oxygen atoms in total. The molecule has 0 unspecified atom stereocenters. The molecule has 0 bridgehead atoms. The molecule has 1 aliphatic carbocycles. The highest BCUT2D eigenvalue weighted by Gasteiger charge is 1.97. The van der Waals surface area contributed by atoms with Crippen molar-refractivity contribution < 1.29 is 19.8 Å². The van der Waals surface area contributed by atoms with E-state index in [9.17, 15) is 9.59 Å². The van der Waals surface area contributed by atoms with Crippen molar-refractivity contribution >= 4 is 11.9 Å². The van der Waals surface area contributed by atoms with E-state index in [1.54, 1.807) is 0 Å². The largest absolute Gasteiger partial charge is 0.481 e. The van der Waals surface area contributed by atoms with Crippen molar-refractivity contribution in [1.29, 1.82) is 0 Å². The van der Waals surface area contributed by atoms with Crippen molar-refractivity contribution in [1.82, 2.24) is 0 Å². The number of carboxylic acid groups (broad SMARTS) is 2. The third-order valence-corrected chi connectivity index (χ3v) is 5.49. The molecule has 0 heterocycles. The van der Waals surface area contributed by atoms with Gasteiger partial charge in [-0.25, -0.2) is 0 Å². The summed E-state index contributed by atoms with van der Waals surface area (Å²) in [5, 5.41) is 16.7. The monoisotopic (exact) mass is 428 g/mol. The predicted molar refractivity (Wildman–Crippen MR) is 128 cm³/mol. The Labute approximate surface area is 187 Å². The topological polar surface area (TPSA) is 74.6 Å². The summed E-state index contributed by atoms with van der Waals surface area (Å²) in [4.78, 5) is 20.3. The van der Waals surface area contributed by atoms with Crippen LogP contribution in [0.1, 0.15) is 155 Å². The van der Waals surface area contributed by atoms with E-state index >= 15 is 0 Å². The van der Waals surface area contributed by atoms with Crippen LogP contribution in [-0.4, -0.2) is 22.2 Å². The van der Waals surface area contributed by atoms with Crippen LogP contribution in [0.3, 0.4) is 0 Å². The molecule has 0 atom stereocenters. The van der Waals surface area contributed by atoms with Gasteiger partial charge in [-0.2, -0.15) is 0 Å². The van der Waals surface area contributed by atoms with Gasteiger partial charge in [0.15, 0.2) is 0 Å². The van der Waals surface area contributed by atoms with Crippen LogP contribution in [0.25, 0.3) is 0 Å². The van der Waals surface area contributed by atoms with Crippen LogP contribution >= 0.6 is 0 Å². The van der Waals surface area contributed by atoms with Crippen molar-refractivity contribution in [2.75, 3.05) is 0 Å². The zero-order valence-corrected chi connectivity index (χ0v) is 20.3. The highest BCUT2D eigenvalue weighted by atomic mass is 16.4. The van der Waals surface area contributed by atoms with E-state index in [2.05, 4.69) is 13.8 Å². The Balaban J connectivity index is 0. The minimum absolute atomic E-state index is 0.341. The fourth-order valence-corrected chi connectivity index (χ4v) is 3.53. The minimum Gasteiger partial charge on any atom is -0.481 e. The van der Waals surface area contributed by atoms with Crippen LogP contribution in [0.15, 0.2) is 0 Å². The van der Waals surface area contributed by atoms with Crippen LogP contribution in [0.2, 0.25) is 0 Å². The Morgan fingerprint density at radius 3 is 0.933 bits per heavy atom. The molecule has 0 aliphatic heterocycles. The molecule has 0 aromatic heterocycles. The number of unbranched alkanes of at least 4 members (excludes halogenated alkanes) is 12. The zero-order chi connectivity index (χ0) is 22.7. The first-order valence-electron chi connectivity index (χ1n) is 13.0. The highest BCUT2D eigenvalue weighted by Crippen LogP contribution is 2.15. The minimum atomic E-state index is -0.663. The first kappa shape index (κ1) is 31.1. The van der Waals surface area contributed by atoms with E-state index < -0.39 is 11.9 Å². The second-order valence-corrected chi connectivity index (χ2v) is 8.65. The van der Waals surface area contributed by atoms with Crippen molar-refractivity contribution in [2.45, 2.75) is 155 Å². The molecule has 180 valence electrons. The first-order valence-corrected chi connectivity index (χ1v) is 13.0. The Morgan fingerprint density at radius 1 is 0.467 bits per heavy atom. The van der Waals surface area contributed by atoms with Crippen LogP contribution in [0.5, 0.6) is 0 Å². The van der Waals surface area contributed by atoms with Gasteiger partial charge >= 0.3 is 11.9 Å². The average Bonchev–Trinajstić information content (AvgIpc) is 2.74. The van der Waals surface area contributed by atoms with Gasteiger partial charge in [0, 0.05) is 12.8 Å². The number of rotatable bonds is 16. The molecular weight excluding hydrogens is 376 g/mol. The van der Waals surface area contributed by atoms with Crippen LogP contribution in [0, 0.1) is 0 Å². The summed E-state index contributed by atoms with van der Waals surface area (Å²) < 4.78 is 0. The summed E-state index contributed by atoms with van der Waals surface area (Å²) >= 11 is 0. The molecule has 1 saturated carbocycles. The van der Waals surface area contributed by atoms with Crippen LogP contribution < -0.4 is 0 Å². The van der Waals surface area contributed by atoms with Gasteiger partial charge < -0.3 is 10.2 Å². The molecule has 0 spiro atoms. The fourth-order valence-electron chi connectivity index (χ4n) is 3.53. The lowest BCUT2D eigenvalue weighted by atomic mass is 10.0. The lowest BCUT2D eigenvalue weighted by Crippen LogP contribution is -1.93. The lowest BCUT2D eigenvalue weighted by Gasteiger charge is -2.05. The first-order chi connectivity index (χ1) is 14.5. The molecule has 0 aromatic carbocycles. The Morgan fingerprint density at radius 2 is 0.700 bits per heavy atom. The number of aliphatic carboxylic acids is 2. The maximum atomic E-state index is 10.1. The van der Waals surface area contributed by atoms with E-state index in [4.69, 9.17) is 10.2 Å². The molecule has 0 radical (unpaired) electrons. The summed E-state index contributed by atoms with van der Waals surface area (Å²) in [6.45, 7) is 4.40. The summed E-state index contributed by atoms with van der Waals surface area (Å²) in [5.41, 5.74) is 0. The number of carboxylic acids is 2. The number of hydrogen-bond acceptors (Lipinski definition) is 2. The van der Waals surface area contributed by atoms with E-state index in [0.29, 0.717) is 12.8 Å². The van der Waals surface area contributed by atoms with Gasteiger partial charge in [-0.15, -0.1) is 0 Å². The van der Waals surface area contributed by atoms with Gasteiger partial charge in [-0.05, 0) is 12.8 Å². The van der Waals surface area contributed by atoms with Crippen molar-refractivity contribution in [3.05, 3.63) is 0 Å². The smallest absolute Gasteiger partial charge is 0.303 e. The summed E-state index contributed by atoms with van der Waals surface area (Å²) in [6, 6.07) is 0. The molecule has 30 heavy (non-hydrogen) atoms. The molecule has 0 saturated heterocycles. The molecule has 1 aliphatic rings. The number of carbonyl (C=O) groups is 2. The number of hydrogen-bond donors (Lipinski definition) is 2. The van der Waals surface area contributed by atoms with Crippen LogP contribution in [0.4, 0.5) is 0 Å². The molecule has 0 aromatic rings. The second-order valence-electron chi connectivity index (χ2n) is 8.65. The molecule has 4 heteroatoms. The van der Waals surface area contributed by atoms with E-state index in [1.165, 1.54) is 103 Å². The third-order valence-electron chi connectivity index (χ3n) is 5.49. The Kier molecular flexibility index (Phi) is 29.0. The molecule has 1 rings (SSSR count). The standard InChI is InChI=1S/2C10H20O2.C6H12/c2*1-2-3-4-5-6-7-8-9-10(11)12;1-2-4-6-5-3-1/h2*2-9H2,1H3,(H,11,12);1-6H2. The third kappa shape index (κ3) is 34.4. The normalized spacial score (nSPS) is 12.9. The maximum absolute atomic E-state index is 10.1. The Hall–Kier alpha value is -1.06. The van der Waals surface area contributed by atoms with Gasteiger partial charge in [-0.1, -0.05) is 129 Å². The van der Waals surface area contributed by atoms with Crippen LogP contribution in [-0.2, 0) is 9.59 Å². The molecular formula is C26H52O4. The van der Waals surface area contributed by atoms with Crippen molar-refractivity contribution in [2.24, 2.45) is 0 Å². The lowest BCUT2D eigenvalue weighted by molar-refractivity contribution is -0.138. The molecule has 2 N–H and O–H groups in total. The quantitative estimate of drug-likeness (QED) is 0.241. The zero-order valence-electron chi connectivity index (χ0n) is 20.3. The van der Waals surface area contributed by atoms with Gasteiger partial charge in [0.05, 0.1) is 0 Å². The van der Waals surface area contributed by atoms with Gasteiger partial charge in [0.1, 0.15) is 0 Å². The van der Waals surface area contributed by atoms with E-state index in [1.807, 2.05) is 0 Å².